The summed E-state index contributed by atoms with van der Waals surface area (Å²) in [5, 5.41) is 12.9. The van der Waals surface area contributed by atoms with E-state index in [1.807, 2.05) is 55.6 Å². The fourth-order valence-electron chi connectivity index (χ4n) is 5.58. The van der Waals surface area contributed by atoms with Crippen molar-refractivity contribution in [2.45, 2.75) is 43.5 Å². The molecular weight excluding hydrogens is 470 g/mol. The molecule has 6 nitrogen and oxygen atoms in total. The van der Waals surface area contributed by atoms with Gasteiger partial charge >= 0.3 is 5.97 Å². The van der Waals surface area contributed by atoms with Gasteiger partial charge in [-0.3, -0.25) is 4.79 Å². The summed E-state index contributed by atoms with van der Waals surface area (Å²) in [6.07, 6.45) is 2.10. The number of hydrogen-bond donors (Lipinski definition) is 2. The lowest BCUT2D eigenvalue weighted by Crippen LogP contribution is -2.45. The summed E-state index contributed by atoms with van der Waals surface area (Å²) in [7, 11) is 0. The fourth-order valence-corrected chi connectivity index (χ4v) is 6.89. The minimum Gasteiger partial charge on any atom is -0.480 e. The molecule has 0 spiro atoms. The summed E-state index contributed by atoms with van der Waals surface area (Å²) in [5.74, 6) is -1.12. The Kier molecular flexibility index (Phi) is 5.52. The number of nitrogens with zero attached hydrogens (tertiary/aromatic N) is 2. The highest BCUT2D eigenvalue weighted by atomic mass is 32.2. The molecular formula is C29H27N3O3S. The molecule has 3 aromatic carbocycles. The van der Waals surface area contributed by atoms with E-state index in [2.05, 4.69) is 40.7 Å². The van der Waals surface area contributed by atoms with Crippen molar-refractivity contribution in [3.63, 3.8) is 0 Å². The second-order valence-corrected chi connectivity index (χ2v) is 10.8. The van der Waals surface area contributed by atoms with Crippen molar-refractivity contribution in [2.24, 2.45) is 0 Å². The van der Waals surface area contributed by atoms with Crippen LogP contribution in [0.1, 0.15) is 30.3 Å². The van der Waals surface area contributed by atoms with Gasteiger partial charge in [0.2, 0.25) is 5.91 Å². The number of carboxylic acid groups (broad SMARTS) is 1. The average Bonchev–Trinajstić information content (AvgIpc) is 3.54. The zero-order chi connectivity index (χ0) is 25.0. The predicted octanol–water partition coefficient (Wildman–Crippen LogP) is 5.95. The number of carbonyl (C=O) groups is 2. The summed E-state index contributed by atoms with van der Waals surface area (Å²) in [5.41, 5.74) is 5.13. The van der Waals surface area contributed by atoms with Crippen molar-refractivity contribution in [2.75, 3.05) is 0 Å². The number of rotatable bonds is 6. The minimum absolute atomic E-state index is 0.131. The monoisotopic (exact) mass is 497 g/mol. The average molecular weight is 498 g/mol. The third kappa shape index (κ3) is 3.49. The maximum Gasteiger partial charge on any atom is 0.326 e. The molecule has 6 rings (SSSR count). The number of nitrogens with one attached hydrogen (secondary N) is 1. The van der Waals surface area contributed by atoms with E-state index in [0.29, 0.717) is 0 Å². The molecule has 0 radical (unpaired) electrons. The molecule has 182 valence electrons. The van der Waals surface area contributed by atoms with Crippen LogP contribution < -0.4 is 0 Å². The molecule has 3 heterocycles. The number of para-hydroxylation sites is 2. The Hall–Kier alpha value is -3.71. The van der Waals surface area contributed by atoms with E-state index in [1.54, 1.807) is 4.90 Å². The molecule has 5 aromatic rings. The largest absolute Gasteiger partial charge is 0.480 e. The van der Waals surface area contributed by atoms with Crippen molar-refractivity contribution in [3.8, 4) is 0 Å². The molecule has 2 aromatic heterocycles. The van der Waals surface area contributed by atoms with E-state index in [9.17, 15) is 14.7 Å². The lowest BCUT2D eigenvalue weighted by molar-refractivity contribution is -0.149. The van der Waals surface area contributed by atoms with E-state index >= 15 is 0 Å². The number of amides is 1. The maximum absolute atomic E-state index is 13.4. The van der Waals surface area contributed by atoms with Gasteiger partial charge < -0.3 is 19.6 Å². The van der Waals surface area contributed by atoms with E-state index in [0.717, 1.165) is 39.5 Å². The first-order valence-electron chi connectivity index (χ1n) is 12.2. The minimum atomic E-state index is -0.989. The van der Waals surface area contributed by atoms with Crippen LogP contribution in [-0.4, -0.2) is 42.7 Å². The number of aryl methyl sites for hydroxylation is 1. The highest BCUT2D eigenvalue weighted by Gasteiger charge is 2.45. The van der Waals surface area contributed by atoms with Crippen molar-refractivity contribution in [3.05, 3.63) is 84.1 Å². The van der Waals surface area contributed by atoms with Crippen LogP contribution in [0.4, 0.5) is 0 Å². The Morgan fingerprint density at radius 1 is 1.03 bits per heavy atom. The molecule has 0 bridgehead atoms. The van der Waals surface area contributed by atoms with E-state index in [1.165, 1.54) is 22.7 Å². The molecule has 0 aliphatic carbocycles. The summed E-state index contributed by atoms with van der Waals surface area (Å²) in [6.45, 7) is 4.86. The second kappa shape index (κ2) is 8.75. The highest BCUT2D eigenvalue weighted by molar-refractivity contribution is 8.01. The smallest absolute Gasteiger partial charge is 0.326 e. The van der Waals surface area contributed by atoms with E-state index in [-0.39, 0.29) is 23.0 Å². The number of aromatic nitrogens is 2. The molecule has 7 heteroatoms. The fraction of sp³-hybridized carbons (Fsp3) is 0.241. The Morgan fingerprint density at radius 2 is 1.75 bits per heavy atom. The van der Waals surface area contributed by atoms with Gasteiger partial charge in [-0.05, 0) is 49.2 Å². The van der Waals surface area contributed by atoms with Crippen molar-refractivity contribution in [1.29, 1.82) is 0 Å². The van der Waals surface area contributed by atoms with Gasteiger partial charge in [0.15, 0.2) is 0 Å². The number of benzene rings is 3. The maximum atomic E-state index is 13.4. The van der Waals surface area contributed by atoms with Crippen molar-refractivity contribution >= 4 is 56.3 Å². The number of aliphatic carboxylic acids is 1. The Bertz CT molecular complexity index is 1640. The number of hydrogen-bond acceptors (Lipinski definition) is 3. The predicted molar refractivity (Wildman–Crippen MR) is 145 cm³/mol. The number of aromatic amines is 1. The molecule has 1 aliphatic rings. The zero-order valence-electron chi connectivity index (χ0n) is 20.1. The number of carboxylic acids is 1. The van der Waals surface area contributed by atoms with Crippen LogP contribution in [0.2, 0.25) is 0 Å². The van der Waals surface area contributed by atoms with Gasteiger partial charge in [0, 0.05) is 51.9 Å². The quantitative estimate of drug-likeness (QED) is 0.304. The number of fused-ring (bicyclic) bond motifs is 4. The molecule has 1 fully saturated rings. The first-order valence-corrected chi connectivity index (χ1v) is 13.2. The third-order valence-electron chi connectivity index (χ3n) is 7.29. The van der Waals surface area contributed by atoms with Gasteiger partial charge in [-0.15, -0.1) is 11.8 Å². The highest BCUT2D eigenvalue weighted by Crippen LogP contribution is 2.46. The summed E-state index contributed by atoms with van der Waals surface area (Å²) in [6, 6.07) is 21.5. The van der Waals surface area contributed by atoms with Crippen molar-refractivity contribution < 1.29 is 14.7 Å². The van der Waals surface area contributed by atoms with Gasteiger partial charge in [0.05, 0.1) is 5.25 Å². The number of H-pyrrole nitrogens is 1. The molecule has 2 N–H and O–H groups in total. The summed E-state index contributed by atoms with van der Waals surface area (Å²) >= 11 is 1.52. The normalized spacial score (nSPS) is 19.1. The Labute approximate surface area is 212 Å². The van der Waals surface area contributed by atoms with E-state index < -0.39 is 12.0 Å². The van der Waals surface area contributed by atoms with Crippen LogP contribution in [0.15, 0.2) is 72.9 Å². The van der Waals surface area contributed by atoms with E-state index in [4.69, 9.17) is 0 Å². The molecule has 1 saturated heterocycles. The summed E-state index contributed by atoms with van der Waals surface area (Å²) in [4.78, 5) is 30.8. The third-order valence-corrected chi connectivity index (χ3v) is 8.66. The van der Waals surface area contributed by atoms with Crippen LogP contribution >= 0.6 is 11.8 Å². The SMILES string of the molecule is CCn1c2ccccc2c2cc(C3SC(C)C(=O)N3C(Cc3c[nH]c4ccccc34)C(=O)O)ccc21. The topological polar surface area (TPSA) is 78.3 Å². The molecule has 3 unspecified atom stereocenters. The first-order chi connectivity index (χ1) is 17.5. The molecule has 0 saturated carbocycles. The Morgan fingerprint density at radius 3 is 2.53 bits per heavy atom. The van der Waals surface area contributed by atoms with Crippen LogP contribution in [-0.2, 0) is 22.6 Å². The lowest BCUT2D eigenvalue weighted by atomic mass is 10.0. The second-order valence-electron chi connectivity index (χ2n) is 9.33. The van der Waals surface area contributed by atoms with Crippen LogP contribution in [0.3, 0.4) is 0 Å². The van der Waals surface area contributed by atoms with Crippen LogP contribution in [0, 0.1) is 0 Å². The first kappa shape index (κ1) is 22.7. The van der Waals surface area contributed by atoms with Gasteiger partial charge in [-0.2, -0.15) is 0 Å². The number of carbonyl (C=O) groups excluding carboxylic acids is 1. The molecule has 1 amide bonds. The summed E-state index contributed by atoms with van der Waals surface area (Å²) < 4.78 is 2.29. The van der Waals surface area contributed by atoms with Gasteiger partial charge in [-0.25, -0.2) is 4.79 Å². The van der Waals surface area contributed by atoms with Gasteiger partial charge in [0.25, 0.3) is 0 Å². The van der Waals surface area contributed by atoms with Crippen molar-refractivity contribution in [1.82, 2.24) is 14.5 Å². The standard InChI is InChI=1S/C29H27N3O3S/c1-3-31-24-11-7-5-9-21(24)22-14-18(12-13-25(22)31)28-32(27(33)17(2)36-28)26(29(34)35)15-19-16-30-23-10-6-4-8-20(19)23/h4-14,16-17,26,28,30H,3,15H2,1-2H3,(H,34,35). The molecule has 36 heavy (non-hydrogen) atoms. The molecule has 3 atom stereocenters. The lowest BCUT2D eigenvalue weighted by Gasteiger charge is -2.30. The Balaban J connectivity index is 1.44. The molecule has 1 aliphatic heterocycles. The number of thioether (sulfide) groups is 1. The zero-order valence-corrected chi connectivity index (χ0v) is 21.0. The van der Waals surface area contributed by atoms with Crippen LogP contribution in [0.5, 0.6) is 0 Å². The van der Waals surface area contributed by atoms with Crippen LogP contribution in [0.25, 0.3) is 32.7 Å². The van der Waals surface area contributed by atoms with Gasteiger partial charge in [0.1, 0.15) is 11.4 Å². The van der Waals surface area contributed by atoms with Gasteiger partial charge in [-0.1, -0.05) is 42.5 Å².